The standard InChI is InChI=1S/C31H45N5O6.C2H6/c1-21(9-10-27(39)32-20-38)34(5)28(40)24-7-6-8-26(25(24)17-37)35-13-11-23(12-14-35)36-18-31(19-36)15-22(16-31)33-29(41)42-30(2,3)4;1-2/h6-8,17,20-23H,9-16,18-19H2,1-5H3,(H,33,41)(H,32,38,39);1-2H3. The zero-order valence-corrected chi connectivity index (χ0v) is 27.5. The highest BCUT2D eigenvalue weighted by molar-refractivity contribution is 6.04. The van der Waals surface area contributed by atoms with Crippen LogP contribution in [0, 0.1) is 5.41 Å². The molecule has 1 aromatic carbocycles. The minimum Gasteiger partial charge on any atom is -0.444 e. The third kappa shape index (κ3) is 8.58. The summed E-state index contributed by atoms with van der Waals surface area (Å²) in [7, 11) is 1.66. The van der Waals surface area contributed by atoms with Gasteiger partial charge in [0.2, 0.25) is 12.3 Å². The number of benzene rings is 1. The van der Waals surface area contributed by atoms with Crippen LogP contribution in [0.15, 0.2) is 18.2 Å². The van der Waals surface area contributed by atoms with E-state index in [2.05, 4.69) is 20.4 Å². The maximum absolute atomic E-state index is 13.4. The first kappa shape index (κ1) is 35.0. The van der Waals surface area contributed by atoms with Gasteiger partial charge in [-0.05, 0) is 77.3 Å². The first-order chi connectivity index (χ1) is 20.8. The largest absolute Gasteiger partial charge is 0.444 e. The number of nitrogens with one attached hydrogen (secondary N) is 2. The Morgan fingerprint density at radius 1 is 1.11 bits per heavy atom. The number of hydrogen-bond acceptors (Lipinski definition) is 8. The van der Waals surface area contributed by atoms with E-state index in [0.717, 1.165) is 63.8 Å². The van der Waals surface area contributed by atoms with Crippen LogP contribution in [0.5, 0.6) is 0 Å². The maximum Gasteiger partial charge on any atom is 0.407 e. The summed E-state index contributed by atoms with van der Waals surface area (Å²) in [5.74, 6) is -0.667. The molecule has 1 aliphatic carbocycles. The molecule has 1 unspecified atom stereocenters. The monoisotopic (exact) mass is 613 g/mol. The summed E-state index contributed by atoms with van der Waals surface area (Å²) in [6, 6.07) is 5.80. The van der Waals surface area contributed by atoms with Gasteiger partial charge in [-0.3, -0.25) is 29.4 Å². The van der Waals surface area contributed by atoms with Crippen molar-refractivity contribution in [2.45, 2.75) is 104 Å². The van der Waals surface area contributed by atoms with Crippen molar-refractivity contribution in [2.75, 3.05) is 38.1 Å². The molecule has 0 radical (unpaired) electrons. The molecule has 11 heteroatoms. The molecule has 1 atom stereocenters. The van der Waals surface area contributed by atoms with Gasteiger partial charge in [0.1, 0.15) is 5.60 Å². The van der Waals surface area contributed by atoms with Crippen LogP contribution in [-0.2, 0) is 14.3 Å². The molecule has 2 heterocycles. The summed E-state index contributed by atoms with van der Waals surface area (Å²) in [6.07, 6.45) is 5.23. The Labute approximate surface area is 262 Å². The highest BCUT2D eigenvalue weighted by atomic mass is 16.6. The summed E-state index contributed by atoms with van der Waals surface area (Å²) in [5, 5.41) is 5.10. The number of nitrogens with zero attached hydrogens (tertiary/aromatic N) is 3. The molecule has 1 saturated carbocycles. The van der Waals surface area contributed by atoms with Crippen LogP contribution in [0.2, 0.25) is 0 Å². The van der Waals surface area contributed by atoms with Gasteiger partial charge in [-0.1, -0.05) is 19.9 Å². The van der Waals surface area contributed by atoms with Crippen molar-refractivity contribution < 1.29 is 28.7 Å². The molecule has 4 rings (SSSR count). The van der Waals surface area contributed by atoms with Gasteiger partial charge < -0.3 is 19.9 Å². The summed E-state index contributed by atoms with van der Waals surface area (Å²) in [6.45, 7) is 15.1. The molecule has 1 aromatic rings. The fourth-order valence-electron chi connectivity index (χ4n) is 6.57. The molecule has 3 fully saturated rings. The molecule has 3 aliphatic rings. The zero-order valence-electron chi connectivity index (χ0n) is 27.5. The molecule has 0 bridgehead atoms. The number of hydrogen-bond donors (Lipinski definition) is 2. The lowest BCUT2D eigenvalue weighted by Gasteiger charge is -2.61. The smallest absolute Gasteiger partial charge is 0.407 e. The number of piperidine rings is 1. The minimum absolute atomic E-state index is 0.120. The second-order valence-corrected chi connectivity index (χ2v) is 13.2. The quantitative estimate of drug-likeness (QED) is 0.379. The van der Waals surface area contributed by atoms with Crippen molar-refractivity contribution in [3.05, 3.63) is 29.3 Å². The van der Waals surface area contributed by atoms with Crippen LogP contribution in [-0.4, -0.2) is 97.4 Å². The molecule has 11 nitrogen and oxygen atoms in total. The average molecular weight is 614 g/mol. The molecule has 2 N–H and O–H groups in total. The van der Waals surface area contributed by atoms with E-state index >= 15 is 0 Å². The lowest BCUT2D eigenvalue weighted by Crippen LogP contribution is -2.69. The number of amides is 4. The molecule has 4 amide bonds. The molecule has 2 aliphatic heterocycles. The average Bonchev–Trinajstić information content (AvgIpc) is 2.95. The van der Waals surface area contributed by atoms with Gasteiger partial charge in [-0.25, -0.2) is 4.79 Å². The predicted molar refractivity (Wildman–Crippen MR) is 170 cm³/mol. The van der Waals surface area contributed by atoms with E-state index in [4.69, 9.17) is 4.74 Å². The van der Waals surface area contributed by atoms with E-state index in [9.17, 15) is 24.0 Å². The highest BCUT2D eigenvalue weighted by Crippen LogP contribution is 2.50. The van der Waals surface area contributed by atoms with Crippen LogP contribution < -0.4 is 15.5 Å². The van der Waals surface area contributed by atoms with E-state index in [1.807, 2.05) is 53.7 Å². The molecular weight excluding hydrogens is 562 g/mol. The number of ether oxygens (including phenoxy) is 1. The highest BCUT2D eigenvalue weighted by Gasteiger charge is 2.54. The van der Waals surface area contributed by atoms with Crippen molar-refractivity contribution in [3.63, 3.8) is 0 Å². The molecule has 244 valence electrons. The number of imide groups is 1. The van der Waals surface area contributed by atoms with Crippen molar-refractivity contribution in [3.8, 4) is 0 Å². The summed E-state index contributed by atoms with van der Waals surface area (Å²) < 4.78 is 5.38. The van der Waals surface area contributed by atoms with Crippen LogP contribution in [0.4, 0.5) is 10.5 Å². The van der Waals surface area contributed by atoms with Gasteiger partial charge in [0.05, 0.1) is 11.1 Å². The topological polar surface area (TPSA) is 128 Å². The van der Waals surface area contributed by atoms with Crippen molar-refractivity contribution in [2.24, 2.45) is 5.41 Å². The number of carbonyl (C=O) groups excluding carboxylic acids is 5. The van der Waals surface area contributed by atoms with Crippen LogP contribution in [0.25, 0.3) is 0 Å². The number of likely N-dealkylation sites (tertiary alicyclic amines) is 1. The van der Waals surface area contributed by atoms with E-state index in [1.165, 1.54) is 0 Å². The SMILES string of the molecule is CC.CC(CCC(=O)NC=O)N(C)C(=O)c1cccc(N2CCC(N3CC4(CC(NC(=O)OC(C)(C)C)C4)C3)CC2)c1C=O. The van der Waals surface area contributed by atoms with Crippen molar-refractivity contribution in [1.29, 1.82) is 0 Å². The summed E-state index contributed by atoms with van der Waals surface area (Å²) in [4.78, 5) is 66.0. The minimum atomic E-state index is -0.495. The second kappa shape index (κ2) is 15.0. The Balaban J connectivity index is 0.00000259. The maximum atomic E-state index is 13.4. The van der Waals surface area contributed by atoms with E-state index in [0.29, 0.717) is 35.4 Å². The van der Waals surface area contributed by atoms with E-state index < -0.39 is 11.5 Å². The Hall–Kier alpha value is -3.47. The first-order valence-electron chi connectivity index (χ1n) is 15.9. The van der Waals surface area contributed by atoms with Crippen LogP contribution in [0.1, 0.15) is 101 Å². The van der Waals surface area contributed by atoms with Crippen molar-refractivity contribution in [1.82, 2.24) is 20.4 Å². The third-order valence-corrected chi connectivity index (χ3v) is 8.90. The fraction of sp³-hybridized carbons (Fsp3) is 0.667. The van der Waals surface area contributed by atoms with Gasteiger partial charge in [-0.2, -0.15) is 0 Å². The van der Waals surface area contributed by atoms with Crippen LogP contribution in [0.3, 0.4) is 0 Å². The third-order valence-electron chi connectivity index (χ3n) is 8.90. The summed E-state index contributed by atoms with van der Waals surface area (Å²) in [5.41, 5.74) is 1.32. The van der Waals surface area contributed by atoms with Gasteiger partial charge in [0.25, 0.3) is 5.91 Å². The zero-order chi connectivity index (χ0) is 32.7. The molecule has 2 saturated heterocycles. The number of anilines is 1. The number of rotatable bonds is 10. The normalized spacial score (nSPS) is 18.9. The van der Waals surface area contributed by atoms with Crippen LogP contribution >= 0.6 is 0 Å². The number of alkyl carbamates (subject to hydrolysis) is 1. The molecule has 44 heavy (non-hydrogen) atoms. The molecular formula is C33H51N5O6. The Kier molecular flexibility index (Phi) is 11.9. The van der Waals surface area contributed by atoms with Gasteiger partial charge in [-0.15, -0.1) is 0 Å². The van der Waals surface area contributed by atoms with E-state index in [-0.39, 0.29) is 30.5 Å². The Morgan fingerprint density at radius 2 is 1.75 bits per heavy atom. The van der Waals surface area contributed by atoms with Gasteiger partial charge in [0, 0.05) is 63.5 Å². The lowest BCUT2D eigenvalue weighted by molar-refractivity contribution is -0.125. The summed E-state index contributed by atoms with van der Waals surface area (Å²) >= 11 is 0. The first-order valence-corrected chi connectivity index (χ1v) is 15.9. The molecule has 0 aromatic heterocycles. The van der Waals surface area contributed by atoms with Gasteiger partial charge >= 0.3 is 6.09 Å². The Bertz CT molecular complexity index is 1180. The number of carbonyl (C=O) groups is 5. The number of aldehydes is 1. The van der Waals surface area contributed by atoms with Crippen molar-refractivity contribution >= 4 is 36.3 Å². The predicted octanol–water partition coefficient (Wildman–Crippen LogP) is 4.00. The van der Waals surface area contributed by atoms with E-state index in [1.54, 1.807) is 18.0 Å². The fourth-order valence-corrected chi connectivity index (χ4v) is 6.57. The Morgan fingerprint density at radius 3 is 2.32 bits per heavy atom. The second-order valence-electron chi connectivity index (χ2n) is 13.2. The van der Waals surface area contributed by atoms with Gasteiger partial charge in [0.15, 0.2) is 6.29 Å². The lowest BCUT2D eigenvalue weighted by atomic mass is 9.60. The molecule has 1 spiro atoms.